The highest BCUT2D eigenvalue weighted by Gasteiger charge is 2.27. The lowest BCUT2D eigenvalue weighted by molar-refractivity contribution is 0.228. The Morgan fingerprint density at radius 1 is 1.00 bits per heavy atom. The van der Waals surface area contributed by atoms with Crippen LogP contribution in [0.4, 0.5) is 0 Å². The molecule has 0 N–H and O–H groups in total. The Hall–Kier alpha value is -1.84. The summed E-state index contributed by atoms with van der Waals surface area (Å²) in [6, 6.07) is 17.9. The maximum Gasteiger partial charge on any atom is 0.0754 e. The Morgan fingerprint density at radius 3 is 2.62 bits per heavy atom. The lowest BCUT2D eigenvalue weighted by Gasteiger charge is -2.35. The molecule has 2 aromatic heterocycles. The van der Waals surface area contributed by atoms with Crippen molar-refractivity contribution in [3.05, 3.63) is 70.5 Å². The average Bonchev–Trinajstić information content (AvgIpc) is 3.16. The van der Waals surface area contributed by atoms with Gasteiger partial charge < -0.3 is 4.57 Å². The van der Waals surface area contributed by atoms with Crippen LogP contribution in [-0.2, 0) is 6.54 Å². The SMILES string of the molecule is CN1CCn2c(-c3ccsc3)ccc2[C@@H]1c1ccccc1. The van der Waals surface area contributed by atoms with Gasteiger partial charge in [-0.2, -0.15) is 11.3 Å². The van der Waals surface area contributed by atoms with Crippen molar-refractivity contribution in [3.63, 3.8) is 0 Å². The molecule has 3 heteroatoms. The van der Waals surface area contributed by atoms with E-state index < -0.39 is 0 Å². The summed E-state index contributed by atoms with van der Waals surface area (Å²) in [5, 5.41) is 4.39. The standard InChI is InChI=1S/C18H18N2S/c1-19-10-11-20-16(15-9-12-21-13-15)7-8-17(20)18(19)14-5-3-2-4-6-14/h2-9,12-13,18H,10-11H2,1H3/t18-/m0/s1. The number of fused-ring (bicyclic) bond motifs is 1. The Labute approximate surface area is 129 Å². The molecule has 0 fully saturated rings. The third kappa shape index (κ3) is 2.13. The van der Waals surface area contributed by atoms with Crippen LogP contribution in [0.3, 0.4) is 0 Å². The fourth-order valence-corrected chi connectivity index (χ4v) is 3.96. The zero-order valence-electron chi connectivity index (χ0n) is 12.1. The zero-order chi connectivity index (χ0) is 14.2. The van der Waals surface area contributed by atoms with Crippen LogP contribution in [0.25, 0.3) is 11.3 Å². The quantitative estimate of drug-likeness (QED) is 0.686. The van der Waals surface area contributed by atoms with Gasteiger partial charge in [-0.15, -0.1) is 0 Å². The monoisotopic (exact) mass is 294 g/mol. The first-order chi connectivity index (χ1) is 10.3. The molecule has 1 aliphatic heterocycles. The number of benzene rings is 1. The van der Waals surface area contributed by atoms with Crippen molar-refractivity contribution in [2.24, 2.45) is 0 Å². The first-order valence-corrected chi connectivity index (χ1v) is 8.26. The Balaban J connectivity index is 1.83. The first-order valence-electron chi connectivity index (χ1n) is 7.32. The molecule has 0 aliphatic carbocycles. The predicted molar refractivity (Wildman–Crippen MR) is 88.7 cm³/mol. The summed E-state index contributed by atoms with van der Waals surface area (Å²) < 4.78 is 2.49. The van der Waals surface area contributed by atoms with Crippen molar-refractivity contribution >= 4 is 11.3 Å². The lowest BCUT2D eigenvalue weighted by atomic mass is 10.0. The number of thiophene rings is 1. The summed E-state index contributed by atoms with van der Waals surface area (Å²) in [6.07, 6.45) is 0. The van der Waals surface area contributed by atoms with Crippen molar-refractivity contribution in [2.45, 2.75) is 12.6 Å². The van der Waals surface area contributed by atoms with Crippen molar-refractivity contribution in [1.82, 2.24) is 9.47 Å². The topological polar surface area (TPSA) is 8.17 Å². The normalized spacial score (nSPS) is 18.6. The van der Waals surface area contributed by atoms with Gasteiger partial charge in [0.25, 0.3) is 0 Å². The smallest absolute Gasteiger partial charge is 0.0754 e. The summed E-state index contributed by atoms with van der Waals surface area (Å²) in [4.78, 5) is 2.45. The van der Waals surface area contributed by atoms with Crippen LogP contribution >= 0.6 is 11.3 Å². The summed E-state index contributed by atoms with van der Waals surface area (Å²) >= 11 is 1.76. The molecule has 1 aromatic carbocycles. The molecular weight excluding hydrogens is 276 g/mol. The van der Waals surface area contributed by atoms with Crippen LogP contribution in [0, 0.1) is 0 Å². The Morgan fingerprint density at radius 2 is 1.86 bits per heavy atom. The van der Waals surface area contributed by atoms with Crippen LogP contribution in [-0.4, -0.2) is 23.1 Å². The second-order valence-electron chi connectivity index (χ2n) is 5.60. The molecule has 1 aliphatic rings. The van der Waals surface area contributed by atoms with Crippen LogP contribution in [0.1, 0.15) is 17.3 Å². The molecule has 0 amide bonds. The van der Waals surface area contributed by atoms with Gasteiger partial charge in [-0.05, 0) is 36.2 Å². The summed E-state index contributed by atoms with van der Waals surface area (Å²) in [7, 11) is 2.22. The first kappa shape index (κ1) is 12.9. The van der Waals surface area contributed by atoms with Gasteiger partial charge in [0.1, 0.15) is 0 Å². The van der Waals surface area contributed by atoms with E-state index in [1.807, 2.05) is 0 Å². The third-order valence-electron chi connectivity index (χ3n) is 4.34. The van der Waals surface area contributed by atoms with E-state index in [-0.39, 0.29) is 0 Å². The lowest BCUT2D eigenvalue weighted by Crippen LogP contribution is -2.35. The van der Waals surface area contributed by atoms with Crippen molar-refractivity contribution in [3.8, 4) is 11.3 Å². The largest absolute Gasteiger partial charge is 0.341 e. The minimum absolute atomic E-state index is 0.354. The van der Waals surface area contributed by atoms with Crippen molar-refractivity contribution in [1.29, 1.82) is 0 Å². The number of aromatic nitrogens is 1. The predicted octanol–water partition coefficient (Wildman–Crippen LogP) is 4.25. The number of rotatable bonds is 2. The summed E-state index contributed by atoms with van der Waals surface area (Å²) in [5.74, 6) is 0. The van der Waals surface area contributed by atoms with E-state index in [4.69, 9.17) is 0 Å². The van der Waals surface area contributed by atoms with Gasteiger partial charge in [0.2, 0.25) is 0 Å². The molecule has 2 nitrogen and oxygen atoms in total. The molecule has 0 saturated heterocycles. The van der Waals surface area contributed by atoms with Gasteiger partial charge in [0.15, 0.2) is 0 Å². The van der Waals surface area contributed by atoms with Crippen LogP contribution in [0.5, 0.6) is 0 Å². The molecule has 21 heavy (non-hydrogen) atoms. The highest BCUT2D eigenvalue weighted by atomic mass is 32.1. The van der Waals surface area contributed by atoms with Crippen LogP contribution in [0.2, 0.25) is 0 Å². The second-order valence-corrected chi connectivity index (χ2v) is 6.38. The van der Waals surface area contributed by atoms with E-state index in [1.165, 1.54) is 22.5 Å². The van der Waals surface area contributed by atoms with E-state index in [0.717, 1.165) is 13.1 Å². The van der Waals surface area contributed by atoms with Crippen LogP contribution < -0.4 is 0 Å². The van der Waals surface area contributed by atoms with Crippen LogP contribution in [0.15, 0.2) is 59.3 Å². The van der Waals surface area contributed by atoms with Gasteiger partial charge >= 0.3 is 0 Å². The van der Waals surface area contributed by atoms with Gasteiger partial charge in [0.05, 0.1) is 6.04 Å². The van der Waals surface area contributed by atoms with Gasteiger partial charge in [0, 0.05) is 35.4 Å². The summed E-state index contributed by atoms with van der Waals surface area (Å²) in [5.41, 5.74) is 5.45. The molecule has 0 unspecified atom stereocenters. The fraction of sp³-hybridized carbons (Fsp3) is 0.222. The van der Waals surface area contributed by atoms with Crippen molar-refractivity contribution in [2.75, 3.05) is 13.6 Å². The van der Waals surface area contributed by atoms with E-state index >= 15 is 0 Å². The molecule has 0 bridgehead atoms. The van der Waals surface area contributed by atoms with E-state index in [9.17, 15) is 0 Å². The van der Waals surface area contributed by atoms with Gasteiger partial charge in [-0.1, -0.05) is 30.3 Å². The Kier molecular flexibility index (Phi) is 3.17. The molecule has 0 saturated carbocycles. The maximum atomic E-state index is 2.49. The van der Waals surface area contributed by atoms with Gasteiger partial charge in [-0.25, -0.2) is 0 Å². The molecule has 106 valence electrons. The maximum absolute atomic E-state index is 2.49. The molecule has 0 spiro atoms. The van der Waals surface area contributed by atoms with E-state index in [0.29, 0.717) is 6.04 Å². The average molecular weight is 294 g/mol. The number of nitrogens with zero attached hydrogens (tertiary/aromatic N) is 2. The highest BCUT2D eigenvalue weighted by Crippen LogP contribution is 2.35. The fourth-order valence-electron chi connectivity index (χ4n) is 3.31. The molecule has 3 aromatic rings. The summed E-state index contributed by atoms with van der Waals surface area (Å²) in [6.45, 7) is 2.14. The minimum atomic E-state index is 0.354. The molecule has 0 radical (unpaired) electrons. The van der Waals surface area contributed by atoms with Gasteiger partial charge in [-0.3, -0.25) is 4.90 Å². The molecule has 4 rings (SSSR count). The zero-order valence-corrected chi connectivity index (χ0v) is 12.9. The number of hydrogen-bond acceptors (Lipinski definition) is 2. The minimum Gasteiger partial charge on any atom is -0.341 e. The number of hydrogen-bond donors (Lipinski definition) is 0. The highest BCUT2D eigenvalue weighted by molar-refractivity contribution is 7.08. The molecule has 1 atom stereocenters. The van der Waals surface area contributed by atoms with Crippen molar-refractivity contribution < 1.29 is 0 Å². The molecular formula is C18H18N2S. The third-order valence-corrected chi connectivity index (χ3v) is 5.03. The molecule has 3 heterocycles. The van der Waals surface area contributed by atoms with E-state index in [1.54, 1.807) is 11.3 Å². The number of likely N-dealkylation sites (N-methyl/N-ethyl adjacent to an activating group) is 1. The Bertz CT molecular complexity index is 728. The van der Waals surface area contributed by atoms with E-state index in [2.05, 4.69) is 75.8 Å². The second kappa shape index (κ2) is 5.17.